The van der Waals surface area contributed by atoms with Gasteiger partial charge in [-0.05, 0) is 65.8 Å². The number of aromatic nitrogens is 2. The molecule has 0 amide bonds. The number of para-hydroxylation sites is 1. The van der Waals surface area contributed by atoms with Gasteiger partial charge >= 0.3 is 5.97 Å². The van der Waals surface area contributed by atoms with Gasteiger partial charge in [-0.25, -0.2) is 4.79 Å². The van der Waals surface area contributed by atoms with Crippen molar-refractivity contribution in [1.29, 1.82) is 0 Å². The molecule has 0 spiro atoms. The highest BCUT2D eigenvalue weighted by atomic mass is 16.5. The van der Waals surface area contributed by atoms with E-state index in [1.165, 1.54) is 0 Å². The van der Waals surface area contributed by atoms with Crippen LogP contribution in [0.15, 0.2) is 102 Å². The normalized spacial score (nSPS) is 10.9. The zero-order valence-corrected chi connectivity index (χ0v) is 20.2. The van der Waals surface area contributed by atoms with Gasteiger partial charge in [-0.1, -0.05) is 60.7 Å². The molecule has 0 aliphatic carbocycles. The van der Waals surface area contributed by atoms with Crippen LogP contribution in [0.25, 0.3) is 33.2 Å². The molecule has 2 N–H and O–H groups in total. The smallest absolute Gasteiger partial charge is 0.341 e. The van der Waals surface area contributed by atoms with Crippen molar-refractivity contribution in [2.75, 3.05) is 6.61 Å². The SMILES string of the molecule is O=C(O)COc1cccc(CCCc2cc(-c3ccccc3-c3cccc4cccnc34)c[nH]c2=O)c1. The van der Waals surface area contributed by atoms with E-state index in [4.69, 9.17) is 9.84 Å². The lowest BCUT2D eigenvalue weighted by molar-refractivity contribution is -0.139. The van der Waals surface area contributed by atoms with E-state index in [0.717, 1.165) is 57.1 Å². The quantitative estimate of drug-likeness (QED) is 0.269. The van der Waals surface area contributed by atoms with Crippen LogP contribution in [0.1, 0.15) is 17.5 Å². The molecule has 0 saturated carbocycles. The second kappa shape index (κ2) is 10.9. The lowest BCUT2D eigenvalue weighted by Crippen LogP contribution is -2.12. The first-order valence-corrected chi connectivity index (χ1v) is 12.2. The number of benzene rings is 3. The van der Waals surface area contributed by atoms with Crippen LogP contribution >= 0.6 is 0 Å². The van der Waals surface area contributed by atoms with Gasteiger partial charge in [0.05, 0.1) is 5.52 Å². The van der Waals surface area contributed by atoms with Gasteiger partial charge in [0.1, 0.15) is 5.75 Å². The Kier molecular flexibility index (Phi) is 7.08. The van der Waals surface area contributed by atoms with Crippen molar-refractivity contribution in [2.24, 2.45) is 0 Å². The maximum atomic E-state index is 12.6. The highest BCUT2D eigenvalue weighted by Gasteiger charge is 2.12. The number of aromatic amines is 1. The average molecular weight is 491 g/mol. The number of nitrogens with one attached hydrogen (secondary N) is 1. The number of H-pyrrole nitrogens is 1. The largest absolute Gasteiger partial charge is 0.482 e. The van der Waals surface area contributed by atoms with Gasteiger partial charge < -0.3 is 14.8 Å². The highest BCUT2D eigenvalue weighted by molar-refractivity contribution is 5.97. The number of aryl methyl sites for hydroxylation is 2. The van der Waals surface area contributed by atoms with Gasteiger partial charge in [0.2, 0.25) is 0 Å². The van der Waals surface area contributed by atoms with Crippen LogP contribution in [-0.2, 0) is 17.6 Å². The van der Waals surface area contributed by atoms with Crippen molar-refractivity contribution >= 4 is 16.9 Å². The number of hydrogen-bond donors (Lipinski definition) is 2. The Bertz CT molecular complexity index is 1620. The number of carboxylic acid groups (broad SMARTS) is 1. The number of fused-ring (bicyclic) bond motifs is 1. The fourth-order valence-electron chi connectivity index (χ4n) is 4.58. The van der Waals surface area contributed by atoms with E-state index < -0.39 is 5.97 Å². The van der Waals surface area contributed by atoms with Crippen molar-refractivity contribution < 1.29 is 14.6 Å². The molecule has 0 fully saturated rings. The number of carbonyl (C=O) groups is 1. The molecule has 37 heavy (non-hydrogen) atoms. The summed E-state index contributed by atoms with van der Waals surface area (Å²) in [5, 5.41) is 9.89. The molecule has 0 aliphatic rings. The minimum atomic E-state index is -1.01. The van der Waals surface area contributed by atoms with Gasteiger partial charge in [0.25, 0.3) is 5.56 Å². The molecule has 2 heterocycles. The first-order chi connectivity index (χ1) is 18.1. The molecule has 6 nitrogen and oxygen atoms in total. The van der Waals surface area contributed by atoms with E-state index in [-0.39, 0.29) is 12.2 Å². The summed E-state index contributed by atoms with van der Waals surface area (Å²) in [5.74, 6) is -0.484. The van der Waals surface area contributed by atoms with Crippen molar-refractivity contribution in [3.63, 3.8) is 0 Å². The maximum absolute atomic E-state index is 12.6. The lowest BCUT2D eigenvalue weighted by Gasteiger charge is -2.13. The number of rotatable bonds is 9. The summed E-state index contributed by atoms with van der Waals surface area (Å²) in [6, 6.07) is 27.7. The Morgan fingerprint density at radius 1 is 0.865 bits per heavy atom. The van der Waals surface area contributed by atoms with Crippen LogP contribution < -0.4 is 10.3 Å². The molecule has 0 radical (unpaired) electrons. The third-order valence-electron chi connectivity index (χ3n) is 6.31. The van der Waals surface area contributed by atoms with E-state index in [1.807, 2.05) is 48.5 Å². The maximum Gasteiger partial charge on any atom is 0.341 e. The Hall–Kier alpha value is -4.71. The predicted octanol–water partition coefficient (Wildman–Crippen LogP) is 5.90. The van der Waals surface area contributed by atoms with Gasteiger partial charge in [-0.15, -0.1) is 0 Å². The summed E-state index contributed by atoms with van der Waals surface area (Å²) in [7, 11) is 0. The number of aliphatic carboxylic acids is 1. The fraction of sp³-hybridized carbons (Fsp3) is 0.129. The van der Waals surface area contributed by atoms with Gasteiger partial charge in [-0.2, -0.15) is 0 Å². The number of ether oxygens (including phenoxy) is 1. The van der Waals surface area contributed by atoms with Crippen LogP contribution in [0.2, 0.25) is 0 Å². The van der Waals surface area contributed by atoms with E-state index in [1.54, 1.807) is 18.5 Å². The van der Waals surface area contributed by atoms with Gasteiger partial charge in [-0.3, -0.25) is 9.78 Å². The number of carboxylic acids is 1. The second-order valence-corrected chi connectivity index (χ2v) is 8.85. The molecule has 6 heteroatoms. The van der Waals surface area contributed by atoms with Gasteiger partial charge in [0, 0.05) is 28.9 Å². The number of hydrogen-bond acceptors (Lipinski definition) is 4. The molecular weight excluding hydrogens is 464 g/mol. The summed E-state index contributed by atoms with van der Waals surface area (Å²) in [5.41, 5.74) is 6.69. The lowest BCUT2D eigenvalue weighted by atomic mass is 9.93. The summed E-state index contributed by atoms with van der Waals surface area (Å²) in [6.07, 6.45) is 5.70. The first-order valence-electron chi connectivity index (χ1n) is 12.2. The molecule has 0 atom stereocenters. The Morgan fingerprint density at radius 2 is 1.65 bits per heavy atom. The van der Waals surface area contributed by atoms with Crippen LogP contribution in [0.5, 0.6) is 5.75 Å². The molecule has 0 unspecified atom stereocenters. The third kappa shape index (κ3) is 5.59. The van der Waals surface area contributed by atoms with Gasteiger partial charge in [0.15, 0.2) is 6.61 Å². The molecule has 0 bridgehead atoms. The standard InChI is InChI=1S/C31H26N2O4/c34-29(35)20-37-25-12-4-8-21(17-25)7-3-10-23-18-24(19-33-31(23)36)26-13-1-2-14-27(26)28-15-5-9-22-11-6-16-32-30(22)28/h1-2,4-6,8-9,11-19H,3,7,10,20H2,(H,33,36)(H,34,35). The molecule has 184 valence electrons. The second-order valence-electron chi connectivity index (χ2n) is 8.85. The van der Waals surface area contributed by atoms with Crippen LogP contribution in [-0.4, -0.2) is 27.7 Å². The van der Waals surface area contributed by atoms with Crippen molar-refractivity contribution in [2.45, 2.75) is 19.3 Å². The molecule has 0 saturated heterocycles. The average Bonchev–Trinajstić information content (AvgIpc) is 2.93. The fourth-order valence-corrected chi connectivity index (χ4v) is 4.58. The van der Waals surface area contributed by atoms with E-state index in [2.05, 4.69) is 40.3 Å². The summed E-state index contributed by atoms with van der Waals surface area (Å²) in [6.45, 7) is -0.373. The molecule has 2 aromatic heterocycles. The van der Waals surface area contributed by atoms with Crippen LogP contribution in [0, 0.1) is 0 Å². The van der Waals surface area contributed by atoms with E-state index in [9.17, 15) is 9.59 Å². The zero-order valence-electron chi connectivity index (χ0n) is 20.2. The Labute approximate surface area is 214 Å². The molecule has 5 rings (SSSR count). The minimum absolute atomic E-state index is 0.0911. The Balaban J connectivity index is 1.38. The molecule has 0 aliphatic heterocycles. The van der Waals surface area contributed by atoms with E-state index in [0.29, 0.717) is 12.2 Å². The van der Waals surface area contributed by atoms with Crippen molar-refractivity contribution in [3.8, 4) is 28.0 Å². The summed E-state index contributed by atoms with van der Waals surface area (Å²) in [4.78, 5) is 30.9. The van der Waals surface area contributed by atoms with E-state index >= 15 is 0 Å². The van der Waals surface area contributed by atoms with Crippen LogP contribution in [0.3, 0.4) is 0 Å². The molecule has 3 aromatic carbocycles. The predicted molar refractivity (Wildman–Crippen MR) is 145 cm³/mol. The van der Waals surface area contributed by atoms with Crippen molar-refractivity contribution in [1.82, 2.24) is 9.97 Å². The Morgan fingerprint density at radius 3 is 2.51 bits per heavy atom. The number of pyridine rings is 2. The molecular formula is C31H26N2O4. The summed E-state index contributed by atoms with van der Waals surface area (Å²) < 4.78 is 5.27. The number of nitrogens with zero attached hydrogens (tertiary/aromatic N) is 1. The van der Waals surface area contributed by atoms with Crippen molar-refractivity contribution in [3.05, 3.63) is 119 Å². The first kappa shape index (κ1) is 24.0. The minimum Gasteiger partial charge on any atom is -0.482 e. The third-order valence-corrected chi connectivity index (χ3v) is 6.31. The summed E-state index contributed by atoms with van der Waals surface area (Å²) >= 11 is 0. The zero-order chi connectivity index (χ0) is 25.6. The molecule has 5 aromatic rings. The van der Waals surface area contributed by atoms with Crippen LogP contribution in [0.4, 0.5) is 0 Å². The highest BCUT2D eigenvalue weighted by Crippen LogP contribution is 2.35. The monoisotopic (exact) mass is 490 g/mol. The topological polar surface area (TPSA) is 92.3 Å².